The molecule has 4 rings (SSSR count). The number of aliphatic hydroxyl groups is 1. The highest BCUT2D eigenvalue weighted by atomic mass is 35.5. The van der Waals surface area contributed by atoms with Crippen LogP contribution in [-0.2, 0) is 6.54 Å². The van der Waals surface area contributed by atoms with Crippen LogP contribution in [0.15, 0.2) is 67.1 Å². The third kappa shape index (κ3) is 4.07. The summed E-state index contributed by atoms with van der Waals surface area (Å²) in [6, 6.07) is 17.9. The van der Waals surface area contributed by atoms with E-state index in [1.54, 1.807) is 10.8 Å². The predicted octanol–water partition coefficient (Wildman–Crippen LogP) is 4.18. The molecule has 28 heavy (non-hydrogen) atoms. The van der Waals surface area contributed by atoms with E-state index in [4.69, 9.17) is 11.6 Å². The Morgan fingerprint density at radius 2 is 2.00 bits per heavy atom. The van der Waals surface area contributed by atoms with Crippen molar-refractivity contribution >= 4 is 17.2 Å². The van der Waals surface area contributed by atoms with Crippen molar-refractivity contribution < 1.29 is 5.11 Å². The Bertz CT molecular complexity index is 1110. The summed E-state index contributed by atoms with van der Waals surface area (Å²) in [5, 5.41) is 18.6. The first-order valence-corrected chi connectivity index (χ1v) is 9.51. The smallest absolute Gasteiger partial charge is 0.155 e. The van der Waals surface area contributed by atoms with E-state index in [0.29, 0.717) is 18.1 Å². The van der Waals surface area contributed by atoms with Gasteiger partial charge in [-0.1, -0.05) is 41.9 Å². The monoisotopic (exact) mass is 392 g/mol. The molecule has 1 unspecified atom stereocenters. The Morgan fingerprint density at radius 1 is 1.11 bits per heavy atom. The van der Waals surface area contributed by atoms with Gasteiger partial charge in [0.25, 0.3) is 0 Å². The van der Waals surface area contributed by atoms with Gasteiger partial charge in [-0.2, -0.15) is 5.10 Å². The van der Waals surface area contributed by atoms with Gasteiger partial charge in [-0.25, -0.2) is 9.50 Å². The highest BCUT2D eigenvalue weighted by Gasteiger charge is 2.09. The SMILES string of the molecule is Cc1cc(C(O)CNCc2cccc(-c3ccc4ncnn4c3)c2)ccc1Cl. The number of fused-ring (bicyclic) bond motifs is 1. The van der Waals surface area contributed by atoms with Crippen LogP contribution in [0.4, 0.5) is 0 Å². The van der Waals surface area contributed by atoms with Crippen LogP contribution in [0.2, 0.25) is 5.02 Å². The fourth-order valence-corrected chi connectivity index (χ4v) is 3.31. The van der Waals surface area contributed by atoms with E-state index in [1.165, 1.54) is 0 Å². The first-order chi connectivity index (χ1) is 13.6. The highest BCUT2D eigenvalue weighted by molar-refractivity contribution is 6.31. The zero-order chi connectivity index (χ0) is 19.5. The molecule has 0 aliphatic carbocycles. The lowest BCUT2D eigenvalue weighted by atomic mass is 10.0. The van der Waals surface area contributed by atoms with E-state index < -0.39 is 6.10 Å². The Labute approximate surface area is 168 Å². The number of hydrogen-bond acceptors (Lipinski definition) is 4. The highest BCUT2D eigenvalue weighted by Crippen LogP contribution is 2.22. The van der Waals surface area contributed by atoms with Crippen LogP contribution in [0, 0.1) is 6.92 Å². The number of nitrogens with one attached hydrogen (secondary N) is 1. The summed E-state index contributed by atoms with van der Waals surface area (Å²) in [6.45, 7) is 3.08. The maximum Gasteiger partial charge on any atom is 0.155 e. The van der Waals surface area contributed by atoms with Gasteiger partial charge >= 0.3 is 0 Å². The molecule has 0 aliphatic rings. The topological polar surface area (TPSA) is 62.5 Å². The quantitative estimate of drug-likeness (QED) is 0.516. The van der Waals surface area contributed by atoms with Crippen molar-refractivity contribution in [2.75, 3.05) is 6.54 Å². The van der Waals surface area contributed by atoms with Crippen LogP contribution < -0.4 is 5.32 Å². The molecule has 0 radical (unpaired) electrons. The lowest BCUT2D eigenvalue weighted by Gasteiger charge is -2.14. The normalized spacial score (nSPS) is 12.4. The lowest BCUT2D eigenvalue weighted by molar-refractivity contribution is 0.174. The van der Waals surface area contributed by atoms with Crippen LogP contribution >= 0.6 is 11.6 Å². The Hall–Kier alpha value is -2.73. The van der Waals surface area contributed by atoms with Gasteiger partial charge in [-0.05, 0) is 53.4 Å². The Morgan fingerprint density at radius 3 is 2.86 bits per heavy atom. The molecular formula is C22H21ClN4O. The second-order valence-electron chi connectivity index (χ2n) is 6.84. The van der Waals surface area contributed by atoms with Gasteiger partial charge in [0.1, 0.15) is 6.33 Å². The summed E-state index contributed by atoms with van der Waals surface area (Å²) >= 11 is 6.05. The average Bonchev–Trinajstić information content (AvgIpc) is 3.18. The van der Waals surface area contributed by atoms with E-state index in [-0.39, 0.29) is 0 Å². The van der Waals surface area contributed by atoms with Crippen molar-refractivity contribution in [1.82, 2.24) is 19.9 Å². The molecule has 5 nitrogen and oxygen atoms in total. The molecule has 0 saturated heterocycles. The minimum Gasteiger partial charge on any atom is -0.387 e. The predicted molar refractivity (Wildman–Crippen MR) is 111 cm³/mol. The zero-order valence-electron chi connectivity index (χ0n) is 15.5. The fourth-order valence-electron chi connectivity index (χ4n) is 3.19. The van der Waals surface area contributed by atoms with Gasteiger partial charge in [0.15, 0.2) is 5.65 Å². The Kier molecular flexibility index (Phi) is 5.39. The number of nitrogens with zero attached hydrogens (tertiary/aromatic N) is 3. The van der Waals surface area contributed by atoms with Crippen molar-refractivity contribution in [3.05, 3.63) is 88.8 Å². The number of pyridine rings is 1. The number of rotatable bonds is 6. The molecule has 6 heteroatoms. The minimum atomic E-state index is -0.575. The van der Waals surface area contributed by atoms with E-state index in [2.05, 4.69) is 33.6 Å². The summed E-state index contributed by atoms with van der Waals surface area (Å²) in [5.41, 5.74) is 6.00. The Balaban J connectivity index is 1.41. The van der Waals surface area contributed by atoms with E-state index in [9.17, 15) is 5.11 Å². The number of aliphatic hydroxyl groups excluding tert-OH is 1. The van der Waals surface area contributed by atoms with E-state index in [0.717, 1.165) is 33.5 Å². The summed E-state index contributed by atoms with van der Waals surface area (Å²) in [4.78, 5) is 4.17. The summed E-state index contributed by atoms with van der Waals surface area (Å²) in [6.07, 6.45) is 2.95. The molecule has 0 amide bonds. The minimum absolute atomic E-state index is 0.468. The summed E-state index contributed by atoms with van der Waals surface area (Å²) in [5.74, 6) is 0. The number of halogens is 1. The van der Waals surface area contributed by atoms with Crippen molar-refractivity contribution in [2.24, 2.45) is 0 Å². The number of hydrogen-bond donors (Lipinski definition) is 2. The molecule has 0 fully saturated rings. The second-order valence-corrected chi connectivity index (χ2v) is 7.24. The largest absolute Gasteiger partial charge is 0.387 e. The number of aromatic nitrogens is 3. The van der Waals surface area contributed by atoms with Gasteiger partial charge in [0, 0.05) is 29.9 Å². The summed E-state index contributed by atoms with van der Waals surface area (Å²) < 4.78 is 1.77. The molecule has 2 aromatic carbocycles. The molecule has 2 N–H and O–H groups in total. The molecule has 2 aromatic heterocycles. The fraction of sp³-hybridized carbons (Fsp3) is 0.182. The number of benzene rings is 2. The van der Waals surface area contributed by atoms with Crippen LogP contribution in [0.1, 0.15) is 22.8 Å². The first kappa shape index (κ1) is 18.6. The van der Waals surface area contributed by atoms with Crippen molar-refractivity contribution in [1.29, 1.82) is 0 Å². The van der Waals surface area contributed by atoms with Crippen LogP contribution in [0.25, 0.3) is 16.8 Å². The molecule has 142 valence electrons. The third-order valence-electron chi connectivity index (χ3n) is 4.77. The van der Waals surface area contributed by atoms with Crippen molar-refractivity contribution in [3.8, 4) is 11.1 Å². The molecule has 0 saturated carbocycles. The van der Waals surface area contributed by atoms with E-state index in [1.807, 2.05) is 49.5 Å². The summed E-state index contributed by atoms with van der Waals surface area (Å²) in [7, 11) is 0. The lowest BCUT2D eigenvalue weighted by Crippen LogP contribution is -2.21. The second kappa shape index (κ2) is 8.10. The molecule has 0 spiro atoms. The molecule has 0 bridgehead atoms. The van der Waals surface area contributed by atoms with Gasteiger partial charge in [-0.15, -0.1) is 0 Å². The van der Waals surface area contributed by atoms with Gasteiger partial charge in [0.05, 0.1) is 6.10 Å². The standard InChI is InChI=1S/C22H21ClN4O/c1-15-9-18(5-7-20(15)23)21(28)12-24-11-16-3-2-4-17(10-16)19-6-8-22-25-14-26-27(22)13-19/h2-10,13-14,21,24,28H,11-12H2,1H3. The van der Waals surface area contributed by atoms with Crippen molar-refractivity contribution in [2.45, 2.75) is 19.6 Å². The van der Waals surface area contributed by atoms with Crippen LogP contribution in [0.3, 0.4) is 0 Å². The molecule has 1 atom stereocenters. The number of aryl methyl sites for hydroxylation is 1. The molecule has 2 heterocycles. The maximum atomic E-state index is 10.4. The molecule has 4 aromatic rings. The molecule has 0 aliphatic heterocycles. The van der Waals surface area contributed by atoms with Gasteiger partial charge < -0.3 is 10.4 Å². The maximum absolute atomic E-state index is 10.4. The molecular weight excluding hydrogens is 372 g/mol. The van der Waals surface area contributed by atoms with Crippen molar-refractivity contribution in [3.63, 3.8) is 0 Å². The third-order valence-corrected chi connectivity index (χ3v) is 5.19. The van der Waals surface area contributed by atoms with Crippen LogP contribution in [-0.4, -0.2) is 26.2 Å². The van der Waals surface area contributed by atoms with Gasteiger partial charge in [0.2, 0.25) is 0 Å². The van der Waals surface area contributed by atoms with E-state index >= 15 is 0 Å². The first-order valence-electron chi connectivity index (χ1n) is 9.14. The van der Waals surface area contributed by atoms with Crippen LogP contribution in [0.5, 0.6) is 0 Å². The zero-order valence-corrected chi connectivity index (χ0v) is 16.3. The average molecular weight is 393 g/mol. The van der Waals surface area contributed by atoms with Gasteiger partial charge in [-0.3, -0.25) is 0 Å².